The van der Waals surface area contributed by atoms with E-state index in [9.17, 15) is 38.0 Å². The monoisotopic (exact) mass is 1770 g/mol. The molecule has 4 N–H and O–H groups in total. The Hall–Kier alpha value is -13.7. The van der Waals surface area contributed by atoms with Gasteiger partial charge in [0, 0.05) is 125 Å². The molecule has 0 aliphatic carbocycles. The molecule has 0 unspecified atom stereocenters. The zero-order chi connectivity index (χ0) is 91.1. The number of aryl methyl sites for hydroxylation is 3. The Bertz CT molecular complexity index is 5690. The van der Waals surface area contributed by atoms with Crippen LogP contribution in [0, 0.1) is 18.8 Å². The molecule has 20 rings (SSSR count). The predicted molar refractivity (Wildman–Crippen MR) is 499 cm³/mol. The first kappa shape index (κ1) is 90.6. The van der Waals surface area contributed by atoms with E-state index in [2.05, 4.69) is 105 Å². The first-order chi connectivity index (χ1) is 63.6. The van der Waals surface area contributed by atoms with Gasteiger partial charge in [0.15, 0.2) is 11.6 Å². The number of fused-ring (bicyclic) bond motifs is 5. The van der Waals surface area contributed by atoms with Crippen LogP contribution in [0.3, 0.4) is 0 Å². The standard InChI is InChI=1S/C22H25FN2O2.C22H25N3O3.C19H21N5O3.C19H23N5O.C18H21N5O/c1-16-3-6-18(7-4-16)25-13-14-27-20-15-17(5-8-19(20)25)21(26)24-11-9-22(2,23)10-12-24;1-15-8-10-24(11-9-15)22(27)17-4-7-19-20(14-17)28-13-12-25(19)18-5-2-16(3-6-18)21(23)26;20-17(25)15-5-4-14(12-21-15)24-8-9-27-16-10-13(11-22-18(16)24)19(26)23-6-2-1-3-7-23;1-14-4-7-23(8-5-14)19(25)16-9-15-3-2-6-24(18(15)22-10-16)17-11-20-13-21-12-17;24-18(22-6-2-1-3-7-22)15-9-14-5-4-8-23(17(14)21-10-15)16-11-19-13-20-12-16/h3-8,15H,9-14H2,1-2H3;2-7,14-15H,8-13H2,1H3,(H2,23,26);4-5,10-12H,1-3,6-9H2,(H2,20,25);9-14H,2-8H2,1H3;9-13H,1-8H2. The van der Waals surface area contributed by atoms with Crippen LogP contribution < -0.4 is 50.2 Å². The number of likely N-dealkylation sites (tertiary alicyclic amines) is 5. The van der Waals surface area contributed by atoms with Crippen LogP contribution in [0.15, 0.2) is 177 Å². The topological polar surface area (TPSA) is 335 Å². The number of aromatic nitrogens is 8. The van der Waals surface area contributed by atoms with E-state index in [1.54, 1.807) is 91.7 Å². The number of halogens is 1. The molecule has 6 aromatic heterocycles. The Labute approximate surface area is 763 Å². The summed E-state index contributed by atoms with van der Waals surface area (Å²) >= 11 is 0. The number of amides is 7. The summed E-state index contributed by atoms with van der Waals surface area (Å²) in [6, 6.07) is 36.0. The van der Waals surface area contributed by atoms with Crippen LogP contribution in [0.2, 0.25) is 0 Å². The van der Waals surface area contributed by atoms with Gasteiger partial charge >= 0.3 is 0 Å². The van der Waals surface area contributed by atoms with Crippen molar-refractivity contribution in [3.63, 3.8) is 0 Å². The Balaban J connectivity index is 0.000000120. The number of benzene rings is 4. The molecule has 30 nitrogen and oxygen atoms in total. The van der Waals surface area contributed by atoms with Crippen molar-refractivity contribution in [1.29, 1.82) is 0 Å². The number of rotatable bonds is 12. The predicted octanol–water partition coefficient (Wildman–Crippen LogP) is 14.8. The highest BCUT2D eigenvalue weighted by atomic mass is 19.1. The fourth-order valence-corrected chi connectivity index (χ4v) is 18.2. The number of piperidine rings is 5. The van der Waals surface area contributed by atoms with Crippen molar-refractivity contribution in [2.24, 2.45) is 23.3 Å². The number of nitrogens with zero attached hydrogens (tertiary/aromatic N) is 18. The van der Waals surface area contributed by atoms with E-state index in [1.807, 2.05) is 85.2 Å². The van der Waals surface area contributed by atoms with Crippen LogP contribution in [0.25, 0.3) is 0 Å². The van der Waals surface area contributed by atoms with Gasteiger partial charge in [-0.1, -0.05) is 31.5 Å². The number of carbonyl (C=O) groups is 7. The van der Waals surface area contributed by atoms with Crippen molar-refractivity contribution in [3.8, 4) is 17.2 Å². The Morgan fingerprint density at radius 3 is 1.16 bits per heavy atom. The Morgan fingerprint density at radius 2 is 0.725 bits per heavy atom. The molecule has 682 valence electrons. The summed E-state index contributed by atoms with van der Waals surface area (Å²) in [4.78, 5) is 141. The van der Waals surface area contributed by atoms with Crippen LogP contribution in [-0.4, -0.2) is 229 Å². The van der Waals surface area contributed by atoms with Crippen LogP contribution >= 0.6 is 0 Å². The average molecular weight is 1780 g/mol. The normalized spacial score (nSPS) is 17.5. The molecule has 10 aliphatic heterocycles. The summed E-state index contributed by atoms with van der Waals surface area (Å²) in [6.07, 6.45) is 32.6. The van der Waals surface area contributed by atoms with E-state index in [1.165, 1.54) is 31.1 Å². The van der Waals surface area contributed by atoms with E-state index in [0.717, 1.165) is 217 Å². The molecule has 0 spiro atoms. The fourth-order valence-electron chi connectivity index (χ4n) is 18.2. The van der Waals surface area contributed by atoms with Crippen molar-refractivity contribution >= 4 is 98.6 Å². The number of primary amides is 2. The molecule has 4 aromatic carbocycles. The number of hydrogen-bond acceptors (Lipinski definition) is 23. The highest BCUT2D eigenvalue weighted by Gasteiger charge is 2.35. The maximum absolute atomic E-state index is 14.0. The van der Waals surface area contributed by atoms with Gasteiger partial charge < -0.3 is 74.7 Å². The maximum Gasteiger partial charge on any atom is 0.267 e. The third kappa shape index (κ3) is 21.9. The third-order valence-electron chi connectivity index (χ3n) is 26.0. The molecular formula is C100H115FN20O10. The number of ether oxygens (including phenoxy) is 3. The molecule has 16 heterocycles. The van der Waals surface area contributed by atoms with Gasteiger partial charge in [-0.25, -0.2) is 44.3 Å². The quantitative estimate of drug-likeness (QED) is 0.115. The zero-order valence-corrected chi connectivity index (χ0v) is 75.1. The van der Waals surface area contributed by atoms with Gasteiger partial charge in [-0.05, 0) is 243 Å². The summed E-state index contributed by atoms with van der Waals surface area (Å²) in [5, 5.41) is 0. The van der Waals surface area contributed by atoms with E-state index in [0.29, 0.717) is 121 Å². The number of nitrogens with two attached hydrogens (primary N) is 2. The Morgan fingerprint density at radius 1 is 0.351 bits per heavy atom. The second-order valence-corrected chi connectivity index (χ2v) is 35.4. The molecular weight excluding hydrogens is 1660 g/mol. The molecule has 0 radical (unpaired) electrons. The van der Waals surface area contributed by atoms with Gasteiger partial charge in [0.05, 0.1) is 95.7 Å². The molecule has 10 aliphatic rings. The molecule has 0 atom stereocenters. The fraction of sp³-hybridized carbons (Fsp3) is 0.410. The SMILES string of the molecule is CC1CCN(C(=O)c2ccc3c(c2)OCCN3c2ccc(C(N)=O)cc2)CC1.CC1CCN(C(=O)c2cnc3c(c2)CCCN3c2cncnc2)CC1.Cc1ccc(N2CCOc3cc(C(=O)N4CCC(C)(F)CC4)ccc32)cc1.NC(=O)c1ccc(N2CCOc3cc(C(=O)N4CCCCC4)cnc32)cn1.O=C(c1cnc2c(c1)CCCN2c1cncnc1)N1CCCCC1. The van der Waals surface area contributed by atoms with Gasteiger partial charge in [-0.3, -0.25) is 33.6 Å². The van der Waals surface area contributed by atoms with E-state index in [4.69, 9.17) is 25.7 Å². The first-order valence-corrected chi connectivity index (χ1v) is 46.0. The minimum absolute atomic E-state index is 0.00167. The molecule has 0 saturated carbocycles. The van der Waals surface area contributed by atoms with E-state index >= 15 is 0 Å². The summed E-state index contributed by atoms with van der Waals surface area (Å²) in [5.74, 6) is 5.12. The number of carbonyl (C=O) groups excluding carboxylic acids is 7. The van der Waals surface area contributed by atoms with Crippen molar-refractivity contribution in [1.82, 2.24) is 64.4 Å². The molecule has 131 heavy (non-hydrogen) atoms. The second kappa shape index (κ2) is 41.8. The summed E-state index contributed by atoms with van der Waals surface area (Å²) in [5.41, 5.74) is 23.4. The highest BCUT2D eigenvalue weighted by Crippen LogP contribution is 2.43. The maximum atomic E-state index is 14.0. The first-order valence-electron chi connectivity index (χ1n) is 46.0. The van der Waals surface area contributed by atoms with E-state index < -0.39 is 17.5 Å². The largest absolute Gasteiger partial charge is 0.490 e. The summed E-state index contributed by atoms with van der Waals surface area (Å²) in [6.45, 7) is 21.2. The minimum Gasteiger partial charge on any atom is -0.490 e. The molecule has 31 heteroatoms. The van der Waals surface area contributed by atoms with Crippen molar-refractivity contribution < 1.29 is 52.2 Å². The van der Waals surface area contributed by atoms with Crippen LogP contribution in [0.4, 0.5) is 61.7 Å². The zero-order valence-electron chi connectivity index (χ0n) is 75.1. The number of alkyl halides is 1. The molecule has 10 aromatic rings. The van der Waals surface area contributed by atoms with Gasteiger partial charge in [0.25, 0.3) is 35.4 Å². The molecule has 5 saturated heterocycles. The summed E-state index contributed by atoms with van der Waals surface area (Å²) < 4.78 is 31.4. The van der Waals surface area contributed by atoms with Crippen molar-refractivity contribution in [2.45, 2.75) is 136 Å². The van der Waals surface area contributed by atoms with Crippen molar-refractivity contribution in [2.75, 3.05) is 142 Å². The second-order valence-electron chi connectivity index (χ2n) is 35.4. The minimum atomic E-state index is -1.16. The van der Waals surface area contributed by atoms with Crippen LogP contribution in [-0.2, 0) is 12.8 Å². The third-order valence-corrected chi connectivity index (χ3v) is 26.0. The van der Waals surface area contributed by atoms with Crippen LogP contribution in [0.1, 0.15) is 200 Å². The van der Waals surface area contributed by atoms with Gasteiger partial charge in [-0.2, -0.15) is 0 Å². The molecule has 7 amide bonds. The van der Waals surface area contributed by atoms with Gasteiger partial charge in [-0.15, -0.1) is 0 Å². The lowest BCUT2D eigenvalue weighted by atomic mass is 9.95. The lowest BCUT2D eigenvalue weighted by Crippen LogP contribution is -2.43. The molecule has 5 fully saturated rings. The number of anilines is 10. The summed E-state index contributed by atoms with van der Waals surface area (Å²) in [7, 11) is 0. The average Bonchev–Trinajstić information content (AvgIpc) is 0.791. The Kier molecular flexibility index (Phi) is 28.9. The van der Waals surface area contributed by atoms with Crippen molar-refractivity contribution in [3.05, 3.63) is 233 Å². The van der Waals surface area contributed by atoms with Crippen LogP contribution in [0.5, 0.6) is 17.2 Å². The number of pyridine rings is 4. The number of hydrogen-bond donors (Lipinski definition) is 2. The van der Waals surface area contributed by atoms with E-state index in [-0.39, 0.29) is 35.2 Å². The molecule has 0 bridgehead atoms. The van der Waals surface area contributed by atoms with Gasteiger partial charge in [0.2, 0.25) is 5.91 Å². The smallest absolute Gasteiger partial charge is 0.267 e. The lowest BCUT2D eigenvalue weighted by molar-refractivity contribution is 0.0502. The lowest BCUT2D eigenvalue weighted by Gasteiger charge is -2.35. The van der Waals surface area contributed by atoms with Gasteiger partial charge in [0.1, 0.15) is 67.0 Å². The highest BCUT2D eigenvalue weighted by molar-refractivity contribution is 5.99.